The van der Waals surface area contributed by atoms with Crippen molar-refractivity contribution in [1.29, 1.82) is 0 Å². The van der Waals surface area contributed by atoms with Gasteiger partial charge in [-0.2, -0.15) is 0 Å². The van der Waals surface area contributed by atoms with Gasteiger partial charge < -0.3 is 5.73 Å². The SMILES string of the molecule is NC(c1cc2c(s1)CCC2)C1CCc2cccnc21. The molecule has 2 aliphatic carbocycles. The second-order valence-corrected chi connectivity index (χ2v) is 6.84. The summed E-state index contributed by atoms with van der Waals surface area (Å²) >= 11 is 1.94. The summed E-state index contributed by atoms with van der Waals surface area (Å²) in [6.45, 7) is 0. The summed E-state index contributed by atoms with van der Waals surface area (Å²) in [5.74, 6) is 0.412. The van der Waals surface area contributed by atoms with Crippen molar-refractivity contribution in [2.45, 2.75) is 44.1 Å². The van der Waals surface area contributed by atoms with Crippen molar-refractivity contribution < 1.29 is 0 Å². The van der Waals surface area contributed by atoms with Crippen molar-refractivity contribution in [2.24, 2.45) is 5.73 Å². The Morgan fingerprint density at radius 2 is 2.21 bits per heavy atom. The van der Waals surface area contributed by atoms with Gasteiger partial charge in [0.2, 0.25) is 0 Å². The summed E-state index contributed by atoms with van der Waals surface area (Å²) in [6.07, 6.45) is 8.01. The van der Waals surface area contributed by atoms with E-state index in [0.717, 1.165) is 12.8 Å². The quantitative estimate of drug-likeness (QED) is 0.908. The van der Waals surface area contributed by atoms with Crippen LogP contribution in [0.1, 0.15) is 51.4 Å². The standard InChI is InChI=1S/C16H18N2S/c17-15(14-9-11-3-1-5-13(11)19-14)12-7-6-10-4-2-8-18-16(10)12/h2,4,8-9,12,15H,1,3,5-7,17H2. The number of nitrogens with two attached hydrogens (primary N) is 1. The predicted molar refractivity (Wildman–Crippen MR) is 78.6 cm³/mol. The lowest BCUT2D eigenvalue weighted by atomic mass is 9.96. The predicted octanol–water partition coefficient (Wildman–Crippen LogP) is 3.36. The van der Waals surface area contributed by atoms with E-state index in [9.17, 15) is 0 Å². The van der Waals surface area contributed by atoms with Gasteiger partial charge in [0.1, 0.15) is 0 Å². The number of rotatable bonds is 2. The van der Waals surface area contributed by atoms with Gasteiger partial charge in [-0.05, 0) is 55.4 Å². The number of thiophene rings is 1. The first kappa shape index (κ1) is 11.6. The smallest absolute Gasteiger partial charge is 0.0485 e. The van der Waals surface area contributed by atoms with E-state index in [1.54, 1.807) is 10.4 Å². The van der Waals surface area contributed by atoms with Gasteiger partial charge in [0, 0.05) is 33.6 Å². The molecule has 0 fully saturated rings. The first-order valence-corrected chi connectivity index (χ1v) is 7.95. The second-order valence-electron chi connectivity index (χ2n) is 5.67. The van der Waals surface area contributed by atoms with Gasteiger partial charge in [-0.15, -0.1) is 11.3 Å². The minimum atomic E-state index is 0.131. The average Bonchev–Trinajstić information content (AvgIpc) is 3.11. The highest BCUT2D eigenvalue weighted by molar-refractivity contribution is 7.12. The van der Waals surface area contributed by atoms with Crippen LogP contribution in [0.4, 0.5) is 0 Å². The summed E-state index contributed by atoms with van der Waals surface area (Å²) < 4.78 is 0. The molecule has 2 nitrogen and oxygen atoms in total. The molecule has 0 amide bonds. The number of fused-ring (bicyclic) bond motifs is 2. The summed E-state index contributed by atoms with van der Waals surface area (Å²) in [6, 6.07) is 6.72. The normalized spacial score (nSPS) is 22.3. The third-order valence-electron chi connectivity index (χ3n) is 4.53. The van der Waals surface area contributed by atoms with Gasteiger partial charge in [-0.25, -0.2) is 0 Å². The molecule has 2 aliphatic rings. The zero-order valence-electron chi connectivity index (χ0n) is 10.9. The second kappa shape index (κ2) is 4.43. The van der Waals surface area contributed by atoms with Crippen LogP contribution in [0.25, 0.3) is 0 Å². The monoisotopic (exact) mass is 270 g/mol. The summed E-state index contributed by atoms with van der Waals surface area (Å²) in [5, 5.41) is 0. The highest BCUT2D eigenvalue weighted by atomic mass is 32.1. The molecule has 2 heterocycles. The van der Waals surface area contributed by atoms with Crippen molar-refractivity contribution in [3.63, 3.8) is 0 Å². The molecule has 3 heteroatoms. The molecule has 98 valence electrons. The number of nitrogens with zero attached hydrogens (tertiary/aromatic N) is 1. The largest absolute Gasteiger partial charge is 0.323 e. The lowest BCUT2D eigenvalue weighted by molar-refractivity contribution is 0.548. The molecular weight excluding hydrogens is 252 g/mol. The van der Waals surface area contributed by atoms with Crippen molar-refractivity contribution in [3.8, 4) is 0 Å². The lowest BCUT2D eigenvalue weighted by Crippen LogP contribution is -2.17. The van der Waals surface area contributed by atoms with Crippen LogP contribution in [0.15, 0.2) is 24.4 Å². The van der Waals surface area contributed by atoms with Gasteiger partial charge in [-0.1, -0.05) is 6.07 Å². The fourth-order valence-electron chi connectivity index (χ4n) is 3.51. The number of aryl methyl sites for hydroxylation is 3. The number of hydrogen-bond acceptors (Lipinski definition) is 3. The van der Waals surface area contributed by atoms with Crippen LogP contribution in [0.5, 0.6) is 0 Å². The highest BCUT2D eigenvalue weighted by Gasteiger charge is 2.31. The van der Waals surface area contributed by atoms with Crippen molar-refractivity contribution in [3.05, 3.63) is 51.0 Å². The molecule has 0 spiro atoms. The maximum atomic E-state index is 6.55. The molecule has 0 aromatic carbocycles. The van der Waals surface area contributed by atoms with E-state index in [0.29, 0.717) is 5.92 Å². The molecule has 4 rings (SSSR count). The van der Waals surface area contributed by atoms with Gasteiger partial charge in [0.15, 0.2) is 0 Å². The zero-order valence-corrected chi connectivity index (χ0v) is 11.7. The molecule has 2 aromatic heterocycles. The van der Waals surface area contributed by atoms with Crippen LogP contribution >= 0.6 is 11.3 Å². The Kier molecular flexibility index (Phi) is 2.71. The molecule has 2 aromatic rings. The Hall–Kier alpha value is -1.19. The van der Waals surface area contributed by atoms with Crippen LogP contribution in [0.3, 0.4) is 0 Å². The third kappa shape index (κ3) is 1.84. The van der Waals surface area contributed by atoms with E-state index in [-0.39, 0.29) is 6.04 Å². The minimum Gasteiger partial charge on any atom is -0.323 e. The molecule has 0 saturated carbocycles. The fraction of sp³-hybridized carbons (Fsp3) is 0.438. The van der Waals surface area contributed by atoms with Gasteiger partial charge in [-0.3, -0.25) is 4.98 Å². The molecule has 0 saturated heterocycles. The first-order chi connectivity index (χ1) is 9.33. The van der Waals surface area contributed by atoms with Crippen molar-refractivity contribution in [2.75, 3.05) is 0 Å². The fourth-order valence-corrected chi connectivity index (χ4v) is 4.83. The Bertz CT molecular complexity index is 595. The van der Waals surface area contributed by atoms with Gasteiger partial charge in [0.05, 0.1) is 0 Å². The van der Waals surface area contributed by atoms with Crippen LogP contribution in [-0.4, -0.2) is 4.98 Å². The van der Waals surface area contributed by atoms with Crippen LogP contribution < -0.4 is 5.73 Å². The first-order valence-electron chi connectivity index (χ1n) is 7.14. The zero-order chi connectivity index (χ0) is 12.8. The number of hydrogen-bond donors (Lipinski definition) is 1. The van der Waals surface area contributed by atoms with Crippen molar-refractivity contribution >= 4 is 11.3 Å². The van der Waals surface area contributed by atoms with E-state index in [1.807, 2.05) is 23.6 Å². The van der Waals surface area contributed by atoms with E-state index >= 15 is 0 Å². The molecular formula is C16H18N2S. The maximum absolute atomic E-state index is 6.55. The van der Waals surface area contributed by atoms with Crippen LogP contribution in [0.2, 0.25) is 0 Å². The van der Waals surface area contributed by atoms with Gasteiger partial charge >= 0.3 is 0 Å². The minimum absolute atomic E-state index is 0.131. The Morgan fingerprint density at radius 1 is 1.26 bits per heavy atom. The average molecular weight is 270 g/mol. The lowest BCUT2D eigenvalue weighted by Gasteiger charge is -2.18. The third-order valence-corrected chi connectivity index (χ3v) is 5.87. The number of aromatic nitrogens is 1. The van der Waals surface area contributed by atoms with Gasteiger partial charge in [0.25, 0.3) is 0 Å². The molecule has 2 N–H and O–H groups in total. The molecule has 2 unspecified atom stereocenters. The van der Waals surface area contributed by atoms with E-state index in [1.165, 1.54) is 35.4 Å². The maximum Gasteiger partial charge on any atom is 0.0485 e. The Morgan fingerprint density at radius 3 is 3.11 bits per heavy atom. The topological polar surface area (TPSA) is 38.9 Å². The molecule has 2 atom stereocenters. The Labute approximate surface area is 117 Å². The molecule has 0 radical (unpaired) electrons. The van der Waals surface area contributed by atoms with Crippen molar-refractivity contribution in [1.82, 2.24) is 4.98 Å². The van der Waals surface area contributed by atoms with Crippen LogP contribution in [0, 0.1) is 0 Å². The highest BCUT2D eigenvalue weighted by Crippen LogP contribution is 2.42. The van der Waals surface area contributed by atoms with Crippen LogP contribution in [-0.2, 0) is 19.3 Å². The molecule has 0 aliphatic heterocycles. The van der Waals surface area contributed by atoms with E-state index in [2.05, 4.69) is 17.1 Å². The summed E-state index contributed by atoms with van der Waals surface area (Å²) in [5.41, 5.74) is 10.7. The Balaban J connectivity index is 1.66. The van der Waals surface area contributed by atoms with E-state index in [4.69, 9.17) is 5.73 Å². The summed E-state index contributed by atoms with van der Waals surface area (Å²) in [4.78, 5) is 7.52. The molecule has 0 bridgehead atoms. The summed E-state index contributed by atoms with van der Waals surface area (Å²) in [7, 11) is 0. The molecule has 19 heavy (non-hydrogen) atoms. The number of pyridine rings is 1. The van der Waals surface area contributed by atoms with E-state index < -0.39 is 0 Å².